The molecule has 0 aliphatic heterocycles. The van der Waals surface area contributed by atoms with Crippen LogP contribution in [-0.4, -0.2) is 9.97 Å². The van der Waals surface area contributed by atoms with Crippen molar-refractivity contribution in [2.75, 3.05) is 5.32 Å². The molecule has 3 aromatic rings. The molecule has 0 aliphatic rings. The van der Waals surface area contributed by atoms with Gasteiger partial charge in [-0.3, -0.25) is 0 Å². The number of nitrogens with one attached hydrogen (secondary N) is 1. The maximum atomic E-state index is 13.9. The summed E-state index contributed by atoms with van der Waals surface area (Å²) in [6.45, 7) is 2.06. The van der Waals surface area contributed by atoms with Crippen molar-refractivity contribution in [3.05, 3.63) is 45.3 Å². The quantitative estimate of drug-likeness (QED) is 0.644. The molecule has 3 rings (SSSR count). The Hall–Kier alpha value is -1.43. The Kier molecular flexibility index (Phi) is 3.97. The molecule has 0 unspecified atom stereocenters. The van der Waals surface area contributed by atoms with Crippen molar-refractivity contribution in [1.82, 2.24) is 9.97 Å². The molecule has 2 heterocycles. The van der Waals surface area contributed by atoms with Crippen LogP contribution in [0.25, 0.3) is 10.2 Å². The first-order valence-electron chi connectivity index (χ1n) is 6.25. The lowest BCUT2D eigenvalue weighted by molar-refractivity contribution is 0.632. The van der Waals surface area contributed by atoms with Gasteiger partial charge in [0.1, 0.15) is 16.5 Å². The van der Waals surface area contributed by atoms with Crippen molar-refractivity contribution in [2.45, 2.75) is 13.3 Å². The maximum absolute atomic E-state index is 13.9. The number of thiophene rings is 1. The summed E-state index contributed by atoms with van der Waals surface area (Å²) in [4.78, 5) is 10.3. The van der Waals surface area contributed by atoms with Gasteiger partial charge in [0.25, 0.3) is 0 Å². The fourth-order valence-electron chi connectivity index (χ4n) is 1.95. The van der Waals surface area contributed by atoms with Crippen molar-refractivity contribution in [3.63, 3.8) is 0 Å². The molecular weight excluding hydrogens is 332 g/mol. The van der Waals surface area contributed by atoms with E-state index in [1.54, 1.807) is 23.5 Å². The second kappa shape index (κ2) is 5.75. The molecule has 0 spiro atoms. The lowest BCUT2D eigenvalue weighted by atomic mass is 10.2. The number of nitrogens with zero attached hydrogens (tertiary/aromatic N) is 2. The van der Waals surface area contributed by atoms with Gasteiger partial charge in [-0.05, 0) is 36.2 Å². The average Bonchev–Trinajstić information content (AvgIpc) is 2.86. The molecule has 0 saturated heterocycles. The molecule has 1 aromatic carbocycles. The normalized spacial score (nSPS) is 11.0. The fourth-order valence-corrected chi connectivity index (χ4v) is 3.35. The van der Waals surface area contributed by atoms with Crippen LogP contribution >= 0.6 is 34.5 Å². The van der Waals surface area contributed by atoms with E-state index in [0.717, 1.165) is 21.5 Å². The summed E-state index contributed by atoms with van der Waals surface area (Å²) in [6.07, 6.45) is 0.887. The Morgan fingerprint density at radius 1 is 1.29 bits per heavy atom. The van der Waals surface area contributed by atoms with Gasteiger partial charge in [-0.15, -0.1) is 11.3 Å². The molecule has 0 fully saturated rings. The number of hydrogen-bond donors (Lipinski definition) is 1. The third kappa shape index (κ3) is 2.81. The van der Waals surface area contributed by atoms with Crippen molar-refractivity contribution in [1.29, 1.82) is 0 Å². The van der Waals surface area contributed by atoms with E-state index in [4.69, 9.17) is 23.2 Å². The summed E-state index contributed by atoms with van der Waals surface area (Å²) in [7, 11) is 0. The third-order valence-electron chi connectivity index (χ3n) is 2.97. The number of rotatable bonds is 3. The zero-order valence-electron chi connectivity index (χ0n) is 11.0. The largest absolute Gasteiger partial charge is 0.336 e. The summed E-state index contributed by atoms with van der Waals surface area (Å²) in [5.41, 5.74) is 0.180. The van der Waals surface area contributed by atoms with Crippen molar-refractivity contribution >= 4 is 56.3 Å². The van der Waals surface area contributed by atoms with Gasteiger partial charge >= 0.3 is 0 Å². The molecule has 3 nitrogen and oxygen atoms in total. The minimum absolute atomic E-state index is 0.113. The van der Waals surface area contributed by atoms with Gasteiger partial charge in [0.2, 0.25) is 5.28 Å². The molecule has 1 N–H and O–H groups in total. The molecule has 7 heteroatoms. The Morgan fingerprint density at radius 3 is 2.81 bits per heavy atom. The molecule has 0 bridgehead atoms. The van der Waals surface area contributed by atoms with E-state index in [1.807, 2.05) is 6.07 Å². The summed E-state index contributed by atoms with van der Waals surface area (Å²) < 4.78 is 13.9. The van der Waals surface area contributed by atoms with Crippen molar-refractivity contribution in [2.24, 2.45) is 0 Å². The smallest absolute Gasteiger partial charge is 0.225 e. The third-order valence-corrected chi connectivity index (χ3v) is 4.63. The lowest BCUT2D eigenvalue weighted by Crippen LogP contribution is -1.98. The standard InChI is InChI=1S/C14H10Cl2FN3S/c1-2-7-6-8-12(19-14(16)20-13(8)21-7)18-11-9(15)4-3-5-10(11)17/h3-6H,2H2,1H3,(H,18,19,20). The number of aromatic nitrogens is 2. The van der Waals surface area contributed by atoms with Crippen LogP contribution in [0.15, 0.2) is 24.3 Å². The summed E-state index contributed by atoms with van der Waals surface area (Å²) in [5, 5.41) is 4.13. The highest BCUT2D eigenvalue weighted by Crippen LogP contribution is 2.34. The van der Waals surface area contributed by atoms with Crippen molar-refractivity contribution in [3.8, 4) is 0 Å². The highest BCUT2D eigenvalue weighted by atomic mass is 35.5. The minimum Gasteiger partial charge on any atom is -0.336 e. The van der Waals surface area contributed by atoms with E-state index < -0.39 is 5.82 Å². The minimum atomic E-state index is -0.448. The van der Waals surface area contributed by atoms with Crippen molar-refractivity contribution < 1.29 is 4.39 Å². The Bertz CT molecular complexity index is 799. The van der Waals surface area contributed by atoms with Crippen LogP contribution in [0.2, 0.25) is 10.3 Å². The second-order valence-corrected chi connectivity index (χ2v) is 6.21. The molecule has 0 atom stereocenters. The van der Waals surface area contributed by atoms with Gasteiger partial charge in [-0.2, -0.15) is 4.98 Å². The van der Waals surface area contributed by atoms with Gasteiger partial charge in [0.05, 0.1) is 16.1 Å². The monoisotopic (exact) mass is 341 g/mol. The van der Waals surface area contributed by atoms with Gasteiger partial charge in [0.15, 0.2) is 0 Å². The van der Waals surface area contributed by atoms with E-state index in [2.05, 4.69) is 22.2 Å². The molecule has 2 aromatic heterocycles. The lowest BCUT2D eigenvalue weighted by Gasteiger charge is -2.09. The Morgan fingerprint density at radius 2 is 2.10 bits per heavy atom. The predicted molar refractivity (Wildman–Crippen MR) is 86.5 cm³/mol. The number of anilines is 2. The molecule has 0 aliphatic carbocycles. The Balaban J connectivity index is 2.13. The predicted octanol–water partition coefficient (Wildman–Crippen LogP) is 5.44. The average molecular weight is 342 g/mol. The second-order valence-electron chi connectivity index (χ2n) is 4.35. The van der Waals surface area contributed by atoms with Gasteiger partial charge in [0, 0.05) is 4.88 Å². The SMILES string of the molecule is CCc1cc2c(Nc3c(F)cccc3Cl)nc(Cl)nc2s1. The number of aryl methyl sites for hydroxylation is 1. The first-order valence-corrected chi connectivity index (χ1v) is 7.82. The topological polar surface area (TPSA) is 37.8 Å². The first kappa shape index (κ1) is 14.5. The number of para-hydroxylation sites is 1. The van der Waals surface area contributed by atoms with E-state index in [0.29, 0.717) is 5.82 Å². The fraction of sp³-hybridized carbons (Fsp3) is 0.143. The van der Waals surface area contributed by atoms with Crippen LogP contribution in [0.4, 0.5) is 15.9 Å². The van der Waals surface area contributed by atoms with Crippen LogP contribution in [0, 0.1) is 5.82 Å². The summed E-state index contributed by atoms with van der Waals surface area (Å²) in [5.74, 6) is 0.00396. The molecule has 0 saturated carbocycles. The molecule has 0 amide bonds. The van der Waals surface area contributed by atoms with Crippen LogP contribution in [-0.2, 0) is 6.42 Å². The van der Waals surface area contributed by atoms with Crippen LogP contribution in [0.5, 0.6) is 0 Å². The van der Waals surface area contributed by atoms with Gasteiger partial charge < -0.3 is 5.32 Å². The van der Waals surface area contributed by atoms with Gasteiger partial charge in [-0.1, -0.05) is 24.6 Å². The highest BCUT2D eigenvalue weighted by Gasteiger charge is 2.14. The molecule has 108 valence electrons. The van der Waals surface area contributed by atoms with Crippen LogP contribution < -0.4 is 5.32 Å². The molecule has 0 radical (unpaired) electrons. The molecular formula is C14H10Cl2FN3S. The number of benzene rings is 1. The zero-order chi connectivity index (χ0) is 15.0. The first-order chi connectivity index (χ1) is 10.1. The number of hydrogen-bond acceptors (Lipinski definition) is 4. The number of halogens is 3. The summed E-state index contributed by atoms with van der Waals surface area (Å²) >= 11 is 13.5. The Labute approximate surface area is 134 Å². The number of fused-ring (bicyclic) bond motifs is 1. The van der Waals surface area contributed by atoms with E-state index in [9.17, 15) is 4.39 Å². The van der Waals surface area contributed by atoms with Gasteiger partial charge in [-0.25, -0.2) is 9.37 Å². The maximum Gasteiger partial charge on any atom is 0.225 e. The van der Waals surface area contributed by atoms with E-state index in [1.165, 1.54) is 6.07 Å². The summed E-state index contributed by atoms with van der Waals surface area (Å²) in [6, 6.07) is 6.47. The van der Waals surface area contributed by atoms with E-state index >= 15 is 0 Å². The highest BCUT2D eigenvalue weighted by molar-refractivity contribution is 7.18. The zero-order valence-corrected chi connectivity index (χ0v) is 13.3. The molecule has 21 heavy (non-hydrogen) atoms. The van der Waals surface area contributed by atoms with Crippen LogP contribution in [0.1, 0.15) is 11.8 Å². The van der Waals surface area contributed by atoms with E-state index in [-0.39, 0.29) is 16.0 Å². The van der Waals surface area contributed by atoms with Crippen LogP contribution in [0.3, 0.4) is 0 Å².